The number of amides is 2. The lowest BCUT2D eigenvalue weighted by Gasteiger charge is -2.31. The third kappa shape index (κ3) is 6.59. The molecule has 0 aliphatic carbocycles. The van der Waals surface area contributed by atoms with Gasteiger partial charge >= 0.3 is 0 Å². The van der Waals surface area contributed by atoms with E-state index in [-0.39, 0.29) is 12.5 Å². The summed E-state index contributed by atoms with van der Waals surface area (Å²) in [7, 11) is -3.76. The number of carbonyl (C=O) groups excluding carboxylic acids is 2. The molecule has 0 spiro atoms. The molecule has 0 aliphatic heterocycles. The first-order valence-corrected chi connectivity index (χ1v) is 12.2. The normalized spacial score (nSPS) is 12.2. The highest BCUT2D eigenvalue weighted by atomic mass is 35.5. The number of anilines is 1. The zero-order valence-corrected chi connectivity index (χ0v) is 19.8. The molecule has 2 aromatic carbocycles. The van der Waals surface area contributed by atoms with Gasteiger partial charge in [0.05, 0.1) is 11.9 Å². The topological polar surface area (TPSA) is 86.8 Å². The Labute approximate surface area is 193 Å². The molecule has 0 saturated carbocycles. The molecule has 2 amide bonds. The van der Waals surface area contributed by atoms with E-state index in [9.17, 15) is 18.0 Å². The van der Waals surface area contributed by atoms with Gasteiger partial charge < -0.3 is 10.2 Å². The number of nitrogens with zero attached hydrogens (tertiary/aromatic N) is 2. The SMILES string of the molecule is CCNC(=O)[C@H](C)N(Cc1c(Cl)cccc1Cl)C(=O)CN(c1ccccc1)S(C)(=O)=O. The van der Waals surface area contributed by atoms with Crippen LogP contribution < -0.4 is 9.62 Å². The van der Waals surface area contributed by atoms with Gasteiger partial charge in [0.25, 0.3) is 0 Å². The van der Waals surface area contributed by atoms with E-state index in [1.54, 1.807) is 62.4 Å². The standard InChI is InChI=1S/C21H25Cl2N3O4S/c1-4-24-21(28)15(2)25(13-17-18(22)11-8-12-19(17)23)20(27)14-26(31(3,29)30)16-9-6-5-7-10-16/h5-12,15H,4,13-14H2,1-3H3,(H,24,28)/t15-/m0/s1. The molecule has 7 nitrogen and oxygen atoms in total. The van der Waals surface area contributed by atoms with Crippen molar-refractivity contribution in [3.05, 3.63) is 64.1 Å². The van der Waals surface area contributed by atoms with E-state index < -0.39 is 28.5 Å². The summed E-state index contributed by atoms with van der Waals surface area (Å²) in [6.45, 7) is 3.19. The highest BCUT2D eigenvalue weighted by Crippen LogP contribution is 2.27. The van der Waals surface area contributed by atoms with Crippen molar-refractivity contribution >= 4 is 50.7 Å². The van der Waals surface area contributed by atoms with Crippen LogP contribution in [0.2, 0.25) is 10.0 Å². The Kier molecular flexibility index (Phi) is 8.73. The van der Waals surface area contributed by atoms with Gasteiger partial charge in [0.1, 0.15) is 12.6 Å². The third-order valence-corrected chi connectivity index (χ3v) is 6.48. The average Bonchev–Trinajstić information content (AvgIpc) is 2.71. The van der Waals surface area contributed by atoms with Gasteiger partial charge in [-0.2, -0.15) is 0 Å². The zero-order valence-electron chi connectivity index (χ0n) is 17.5. The number of hydrogen-bond acceptors (Lipinski definition) is 4. The van der Waals surface area contributed by atoms with Crippen LogP contribution in [-0.2, 0) is 26.2 Å². The Bertz CT molecular complexity index is 1010. The molecule has 0 aromatic heterocycles. The average molecular weight is 486 g/mol. The molecule has 0 saturated heterocycles. The molecule has 0 unspecified atom stereocenters. The smallest absolute Gasteiger partial charge is 0.244 e. The maximum absolute atomic E-state index is 13.3. The number of sulfonamides is 1. The van der Waals surface area contributed by atoms with Crippen molar-refractivity contribution in [3.63, 3.8) is 0 Å². The van der Waals surface area contributed by atoms with Crippen molar-refractivity contribution in [3.8, 4) is 0 Å². The number of hydrogen-bond donors (Lipinski definition) is 1. The van der Waals surface area contributed by atoms with E-state index in [1.807, 2.05) is 0 Å². The van der Waals surface area contributed by atoms with Crippen LogP contribution in [-0.4, -0.2) is 50.5 Å². The van der Waals surface area contributed by atoms with Crippen molar-refractivity contribution in [1.29, 1.82) is 0 Å². The van der Waals surface area contributed by atoms with Crippen molar-refractivity contribution in [2.75, 3.05) is 23.7 Å². The van der Waals surface area contributed by atoms with Gasteiger partial charge in [-0.1, -0.05) is 47.5 Å². The summed E-state index contributed by atoms with van der Waals surface area (Å²) < 4.78 is 25.8. The fourth-order valence-electron chi connectivity index (χ4n) is 2.97. The fraction of sp³-hybridized carbons (Fsp3) is 0.333. The number of benzene rings is 2. The number of para-hydroxylation sites is 1. The quantitative estimate of drug-likeness (QED) is 0.589. The third-order valence-electron chi connectivity index (χ3n) is 4.63. The monoisotopic (exact) mass is 485 g/mol. The second-order valence-electron chi connectivity index (χ2n) is 6.90. The second kappa shape index (κ2) is 10.8. The fourth-order valence-corrected chi connectivity index (χ4v) is 4.33. The first kappa shape index (κ1) is 25.0. The molecular formula is C21H25Cl2N3O4S. The van der Waals surface area contributed by atoms with Gasteiger partial charge in [-0.15, -0.1) is 0 Å². The van der Waals surface area contributed by atoms with Crippen LogP contribution in [0.4, 0.5) is 5.69 Å². The van der Waals surface area contributed by atoms with Crippen LogP contribution in [0.25, 0.3) is 0 Å². The molecular weight excluding hydrogens is 461 g/mol. The van der Waals surface area contributed by atoms with E-state index in [2.05, 4.69) is 5.32 Å². The Balaban J connectivity index is 2.42. The summed E-state index contributed by atoms with van der Waals surface area (Å²) in [6.07, 6.45) is 1.02. The number of halogens is 2. The largest absolute Gasteiger partial charge is 0.355 e. The van der Waals surface area contributed by atoms with Crippen LogP contribution in [0, 0.1) is 0 Å². The van der Waals surface area contributed by atoms with Gasteiger partial charge in [0.2, 0.25) is 21.8 Å². The summed E-state index contributed by atoms with van der Waals surface area (Å²) >= 11 is 12.5. The van der Waals surface area contributed by atoms with Crippen LogP contribution in [0.1, 0.15) is 19.4 Å². The van der Waals surface area contributed by atoms with Crippen molar-refractivity contribution in [1.82, 2.24) is 10.2 Å². The molecule has 2 aromatic rings. The molecule has 31 heavy (non-hydrogen) atoms. The highest BCUT2D eigenvalue weighted by Gasteiger charge is 2.30. The lowest BCUT2D eigenvalue weighted by atomic mass is 10.1. The first-order valence-electron chi connectivity index (χ1n) is 9.59. The van der Waals surface area contributed by atoms with E-state index in [1.165, 1.54) is 4.90 Å². The molecule has 2 rings (SSSR count). The minimum atomic E-state index is -3.76. The van der Waals surface area contributed by atoms with Gasteiger partial charge in [0.15, 0.2) is 0 Å². The van der Waals surface area contributed by atoms with Crippen molar-refractivity contribution < 1.29 is 18.0 Å². The lowest BCUT2D eigenvalue weighted by molar-refractivity contribution is -0.139. The molecule has 168 valence electrons. The zero-order chi connectivity index (χ0) is 23.2. The van der Waals surface area contributed by atoms with Gasteiger partial charge in [-0.25, -0.2) is 8.42 Å². The predicted octanol–water partition coefficient (Wildman–Crippen LogP) is 3.31. The molecule has 1 atom stereocenters. The van der Waals surface area contributed by atoms with Crippen molar-refractivity contribution in [2.45, 2.75) is 26.4 Å². The molecule has 0 radical (unpaired) electrons. The number of rotatable bonds is 9. The summed E-state index contributed by atoms with van der Waals surface area (Å²) in [6, 6.07) is 12.4. The van der Waals surface area contributed by atoms with Crippen LogP contribution in [0.15, 0.2) is 48.5 Å². The maximum atomic E-state index is 13.3. The first-order chi connectivity index (χ1) is 14.6. The summed E-state index contributed by atoms with van der Waals surface area (Å²) in [5.74, 6) is -0.936. The number of carbonyl (C=O) groups is 2. The second-order valence-corrected chi connectivity index (χ2v) is 9.62. The van der Waals surface area contributed by atoms with Crippen LogP contribution in [0.5, 0.6) is 0 Å². The Hall–Kier alpha value is -2.29. The predicted molar refractivity (Wildman–Crippen MR) is 124 cm³/mol. The minimum absolute atomic E-state index is 0.0535. The van der Waals surface area contributed by atoms with E-state index in [0.29, 0.717) is 27.8 Å². The number of nitrogens with one attached hydrogen (secondary N) is 1. The molecule has 0 fully saturated rings. The van der Waals surface area contributed by atoms with Crippen LogP contribution in [0.3, 0.4) is 0 Å². The number of likely N-dealkylation sites (N-methyl/N-ethyl adjacent to an activating group) is 1. The van der Waals surface area contributed by atoms with E-state index >= 15 is 0 Å². The molecule has 10 heteroatoms. The summed E-state index contributed by atoms with van der Waals surface area (Å²) in [5, 5.41) is 3.37. The minimum Gasteiger partial charge on any atom is -0.355 e. The molecule has 1 N–H and O–H groups in total. The van der Waals surface area contributed by atoms with Crippen LogP contribution >= 0.6 is 23.2 Å². The Morgan fingerprint density at radius 2 is 1.61 bits per heavy atom. The Morgan fingerprint density at radius 1 is 1.03 bits per heavy atom. The van der Waals surface area contributed by atoms with E-state index in [0.717, 1.165) is 10.6 Å². The molecule has 0 heterocycles. The van der Waals surface area contributed by atoms with Gasteiger partial charge in [0, 0.05) is 28.7 Å². The summed E-state index contributed by atoms with van der Waals surface area (Å²) in [5.41, 5.74) is 0.820. The highest BCUT2D eigenvalue weighted by molar-refractivity contribution is 7.92. The van der Waals surface area contributed by atoms with Crippen molar-refractivity contribution in [2.24, 2.45) is 0 Å². The molecule has 0 bridgehead atoms. The lowest BCUT2D eigenvalue weighted by Crippen LogP contribution is -2.51. The molecule has 0 aliphatic rings. The van der Waals surface area contributed by atoms with Gasteiger partial charge in [-0.3, -0.25) is 13.9 Å². The van der Waals surface area contributed by atoms with Gasteiger partial charge in [-0.05, 0) is 38.1 Å². The Morgan fingerprint density at radius 3 is 2.13 bits per heavy atom. The van der Waals surface area contributed by atoms with E-state index in [4.69, 9.17) is 23.2 Å². The summed E-state index contributed by atoms with van der Waals surface area (Å²) in [4.78, 5) is 27.1. The maximum Gasteiger partial charge on any atom is 0.244 e.